The van der Waals surface area contributed by atoms with E-state index in [0.717, 1.165) is 35.5 Å². The van der Waals surface area contributed by atoms with Gasteiger partial charge in [-0.3, -0.25) is 4.79 Å². The molecular weight excluding hydrogens is 1510 g/mol. The van der Waals surface area contributed by atoms with Gasteiger partial charge in [0.15, 0.2) is 11.3 Å². The second-order valence-corrected chi connectivity index (χ2v) is 33.7. The van der Waals surface area contributed by atoms with E-state index in [0.29, 0.717) is 64.7 Å². The van der Waals surface area contributed by atoms with Crippen LogP contribution in [0.1, 0.15) is 142 Å². The molecule has 2 aliphatic heterocycles. The molecule has 1 aliphatic carbocycles. The van der Waals surface area contributed by atoms with Crippen LogP contribution in [0.5, 0.6) is 0 Å². The van der Waals surface area contributed by atoms with E-state index in [-0.39, 0.29) is 102 Å². The lowest BCUT2D eigenvalue weighted by atomic mass is 9.79. The SMILES string of the molecule is CC(C)(C)OC(=O)C1CCC[C@H](Nc2ncc(C(F)(F)F)c(Cl)n2)C1.Cc1noc(C)c1-c1nc2c(cc1F)c(-c1nc(N[C@H]3CCCN(C(=O)OC(C)(C)C)C3)ncc1C(F)(F)F)cn2S(=O)(=O)c1ccccc1.Cc1noc(C)c1-c1nc2c(cc1F)c(B1OC(C)(C)C(C)(C)O1)cn2S(=O)(=O)c1ccccc1. The number of fused-ring (bicyclic) bond motifs is 2. The number of likely N-dealkylation sites (tertiary alicyclic amines) is 1. The van der Waals surface area contributed by atoms with Crippen LogP contribution in [0.25, 0.3) is 55.8 Å². The second-order valence-electron chi connectivity index (χ2n) is 29.7. The average molecular weight is 1590 g/mol. The summed E-state index contributed by atoms with van der Waals surface area (Å²) in [6.45, 7) is 25.2. The topological polar surface area (TPSA) is 306 Å². The molecule has 586 valence electrons. The molecule has 10 heterocycles. The molecule has 0 bridgehead atoms. The van der Waals surface area contributed by atoms with Crippen LogP contribution in [0.15, 0.2) is 116 Å². The van der Waals surface area contributed by atoms with Crippen LogP contribution in [0.3, 0.4) is 0 Å². The van der Waals surface area contributed by atoms with E-state index in [4.69, 9.17) is 39.4 Å². The lowest BCUT2D eigenvalue weighted by Gasteiger charge is -2.34. The monoisotopic (exact) mass is 1590 g/mol. The molecule has 0 radical (unpaired) electrons. The molecule has 3 atom stereocenters. The number of alkyl halides is 6. The maximum atomic E-state index is 15.9. The third-order valence-electron chi connectivity index (χ3n) is 18.6. The molecule has 2 saturated heterocycles. The Morgan fingerprint density at radius 3 is 1.57 bits per heavy atom. The highest BCUT2D eigenvalue weighted by Gasteiger charge is 2.53. The maximum absolute atomic E-state index is 15.9. The molecule has 0 spiro atoms. The summed E-state index contributed by atoms with van der Waals surface area (Å²) >= 11 is 5.60. The number of hydrogen-bond acceptors (Lipinski definition) is 22. The van der Waals surface area contributed by atoms with Crippen molar-refractivity contribution in [3.63, 3.8) is 0 Å². The van der Waals surface area contributed by atoms with E-state index in [1.807, 2.05) is 48.5 Å². The molecule has 10 aromatic rings. The molecule has 3 fully saturated rings. The summed E-state index contributed by atoms with van der Waals surface area (Å²) in [4.78, 5) is 50.6. The van der Waals surface area contributed by atoms with Gasteiger partial charge in [0.05, 0.1) is 55.1 Å². The summed E-state index contributed by atoms with van der Waals surface area (Å²) in [5.41, 5.74) is -5.02. The van der Waals surface area contributed by atoms with Crippen LogP contribution in [0.4, 0.5) is 51.8 Å². The van der Waals surface area contributed by atoms with Crippen LogP contribution in [-0.4, -0.2) is 137 Å². The van der Waals surface area contributed by atoms with Gasteiger partial charge >= 0.3 is 31.5 Å². The number of hydrogen-bond donors (Lipinski definition) is 2. The number of carbonyl (C=O) groups is 2. The van der Waals surface area contributed by atoms with Crippen LogP contribution >= 0.6 is 11.6 Å². The first-order valence-corrected chi connectivity index (χ1v) is 38.0. The smallest absolute Gasteiger partial charge is 0.460 e. The Kier molecular flexibility index (Phi) is 22.6. The quantitative estimate of drug-likeness (QED) is 0.0469. The van der Waals surface area contributed by atoms with Gasteiger partial charge in [0, 0.05) is 71.8 Å². The number of amides is 1. The van der Waals surface area contributed by atoms with Gasteiger partial charge in [-0.1, -0.05) is 64.7 Å². The van der Waals surface area contributed by atoms with Gasteiger partial charge in [-0.15, -0.1) is 0 Å². The Balaban J connectivity index is 0.000000174. The molecule has 2 aromatic carbocycles. The minimum Gasteiger partial charge on any atom is -0.460 e. The highest BCUT2D eigenvalue weighted by molar-refractivity contribution is 7.90. The Morgan fingerprint density at radius 1 is 0.609 bits per heavy atom. The van der Waals surface area contributed by atoms with E-state index in [9.17, 15) is 52.8 Å². The minimum atomic E-state index is -4.98. The number of piperidine rings is 1. The molecular formula is C73H79BClF8N13O12S2. The zero-order valence-corrected chi connectivity index (χ0v) is 64.6. The van der Waals surface area contributed by atoms with Crippen LogP contribution in [0.2, 0.25) is 5.15 Å². The summed E-state index contributed by atoms with van der Waals surface area (Å²) in [7, 11) is -9.46. The standard InChI is InChI=1S/C33H33F4N7O5S.C24H25BFN3O5S.C16H21ClF3N3O2/c1-18-26(19(2)49-42-18)28-25(34)14-22-23(17-44(29(22)40-28)50(46,47)21-11-7-6-8-12-21)27-24(33(35,36)37)15-38-30(41-27)39-20-10-9-13-43(16-20)31(45)48-32(3,4)5;1-14-20(15(2)32-28-14)21-19(26)12-17-18(25-33-23(3,4)24(5,6)34-25)13-29(22(17)27-21)35(30,31)16-10-8-7-9-11-16;1-15(2,3)25-13(24)9-5-4-6-10(7-9)22-14-21-8-11(12(17)23-14)16(18,19)20/h6-8,11-12,14-15,17,20H,9-10,13,16H2,1-5H3,(H,38,39,41);7-13H,1-6H3;8-10H,4-7H2,1-3H3,(H,21,22,23)/t20-;;9?,10-/m0.0/s1. The highest BCUT2D eigenvalue weighted by Crippen LogP contribution is 2.44. The van der Waals surface area contributed by atoms with Crippen molar-refractivity contribution in [2.75, 3.05) is 23.7 Å². The largest absolute Gasteiger partial charge is 0.497 e. The van der Waals surface area contributed by atoms with Crippen molar-refractivity contribution >= 4 is 90.3 Å². The molecule has 1 unspecified atom stereocenters. The number of rotatable bonds is 13. The molecule has 37 heteroatoms. The van der Waals surface area contributed by atoms with Gasteiger partial charge in [-0.2, -0.15) is 26.3 Å². The summed E-state index contributed by atoms with van der Waals surface area (Å²) in [5.74, 6) is -1.71. The van der Waals surface area contributed by atoms with Gasteiger partial charge in [0.2, 0.25) is 11.9 Å². The van der Waals surface area contributed by atoms with Crippen LogP contribution in [-0.2, 0) is 56.0 Å². The van der Waals surface area contributed by atoms with Gasteiger partial charge in [0.1, 0.15) is 62.0 Å². The lowest BCUT2D eigenvalue weighted by molar-refractivity contribution is -0.161. The van der Waals surface area contributed by atoms with Crippen molar-refractivity contribution in [2.45, 2.75) is 192 Å². The average Bonchev–Trinajstić information content (AvgIpc) is 1.58. The van der Waals surface area contributed by atoms with Gasteiger partial charge < -0.3 is 43.4 Å². The number of nitrogens with one attached hydrogen (secondary N) is 2. The van der Waals surface area contributed by atoms with Crippen molar-refractivity contribution < 1.29 is 89.4 Å². The zero-order chi connectivity index (χ0) is 80.3. The van der Waals surface area contributed by atoms with Gasteiger partial charge in [-0.25, -0.2) is 68.3 Å². The lowest BCUT2D eigenvalue weighted by Crippen LogP contribution is -2.47. The predicted octanol–water partition coefficient (Wildman–Crippen LogP) is 15.4. The second kappa shape index (κ2) is 30.6. The highest BCUT2D eigenvalue weighted by atomic mass is 35.5. The van der Waals surface area contributed by atoms with Crippen molar-refractivity contribution in [3.05, 3.63) is 148 Å². The Morgan fingerprint density at radius 2 is 1.08 bits per heavy atom. The third-order valence-corrected chi connectivity index (χ3v) is 22.2. The Labute approximate surface area is 633 Å². The molecule has 8 aromatic heterocycles. The van der Waals surface area contributed by atoms with E-state index < -0.39 is 108 Å². The van der Waals surface area contributed by atoms with E-state index in [1.54, 1.807) is 65.8 Å². The third kappa shape index (κ3) is 17.4. The van der Waals surface area contributed by atoms with E-state index in [2.05, 4.69) is 50.9 Å². The fourth-order valence-corrected chi connectivity index (χ4v) is 15.6. The first kappa shape index (κ1) is 81.3. The molecule has 110 heavy (non-hydrogen) atoms. The first-order valence-electron chi connectivity index (χ1n) is 34.8. The molecule has 25 nitrogen and oxygen atoms in total. The number of aromatic nitrogens is 10. The van der Waals surface area contributed by atoms with Crippen LogP contribution < -0.4 is 16.1 Å². The number of benzene rings is 2. The normalized spacial score (nSPS) is 17.6. The number of anilines is 2. The summed E-state index contributed by atoms with van der Waals surface area (Å²) < 4.78 is 204. The van der Waals surface area contributed by atoms with Gasteiger partial charge in [0.25, 0.3) is 20.0 Å². The fourth-order valence-electron chi connectivity index (χ4n) is 12.7. The molecule has 3 aliphatic rings. The Bertz CT molecular complexity index is 5310. The number of ether oxygens (including phenoxy) is 2. The van der Waals surface area contributed by atoms with Crippen LogP contribution in [0, 0.1) is 45.2 Å². The van der Waals surface area contributed by atoms with Crippen molar-refractivity contribution in [2.24, 2.45) is 5.92 Å². The summed E-state index contributed by atoms with van der Waals surface area (Å²) in [5, 5.41) is 13.1. The van der Waals surface area contributed by atoms with Gasteiger partial charge in [-0.05, 0) is 165 Å². The maximum Gasteiger partial charge on any atom is 0.497 e. The number of pyridine rings is 2. The zero-order valence-electron chi connectivity index (χ0n) is 62.2. The number of halogens is 9. The van der Waals surface area contributed by atoms with Crippen molar-refractivity contribution in [1.82, 2.24) is 53.1 Å². The molecule has 1 saturated carbocycles. The number of carbonyl (C=O) groups excluding carboxylic acids is 2. The number of aryl methyl sites for hydroxylation is 4. The minimum absolute atomic E-state index is 0.0211. The molecule has 2 N–H and O–H groups in total. The summed E-state index contributed by atoms with van der Waals surface area (Å²) in [6, 6.07) is 16.8. The molecule has 13 rings (SSSR count). The first-order chi connectivity index (χ1) is 51.2. The molecule has 1 amide bonds. The van der Waals surface area contributed by atoms with Crippen molar-refractivity contribution in [3.8, 4) is 33.8 Å². The van der Waals surface area contributed by atoms with E-state index >= 15 is 8.78 Å². The summed E-state index contributed by atoms with van der Waals surface area (Å²) in [6.07, 6.45) is -2.60. The fraction of sp³-hybridized carbons (Fsp3) is 0.425. The predicted molar refractivity (Wildman–Crippen MR) is 391 cm³/mol. The van der Waals surface area contributed by atoms with E-state index in [1.165, 1.54) is 60.5 Å². The number of nitrogens with zero attached hydrogens (tertiary/aromatic N) is 11. The Hall–Kier alpha value is -9.65. The van der Waals surface area contributed by atoms with Crippen molar-refractivity contribution in [1.29, 1.82) is 0 Å². The number of esters is 1.